The molecule has 174 valence electrons. The highest BCUT2D eigenvalue weighted by Gasteiger charge is 2.58. The molecule has 0 bridgehead atoms. The Bertz CT molecular complexity index is 1760. The Labute approximate surface area is 211 Å². The third-order valence-electron chi connectivity index (χ3n) is 6.68. The van der Waals surface area contributed by atoms with Gasteiger partial charge in [0.15, 0.2) is 5.82 Å². The molecule has 1 spiro atoms. The SMILES string of the molecule is Cc1ccc(C2=NN(c3ccccc3)C3(O2)c2cc(Cl)ccc2-n2c3nc3ccccc3c2=O)cc1. The van der Waals surface area contributed by atoms with E-state index >= 15 is 0 Å². The van der Waals surface area contributed by atoms with Gasteiger partial charge in [-0.3, -0.25) is 9.36 Å². The Morgan fingerprint density at radius 1 is 0.889 bits per heavy atom. The molecule has 0 saturated heterocycles. The van der Waals surface area contributed by atoms with E-state index in [0.717, 1.165) is 16.8 Å². The first-order valence-corrected chi connectivity index (χ1v) is 12.0. The molecule has 0 amide bonds. The fourth-order valence-electron chi connectivity index (χ4n) is 4.97. The van der Waals surface area contributed by atoms with Gasteiger partial charge in [-0.05, 0) is 61.5 Å². The normalized spacial score (nSPS) is 17.7. The Kier molecular flexibility index (Phi) is 4.38. The zero-order chi connectivity index (χ0) is 24.4. The first-order valence-electron chi connectivity index (χ1n) is 11.6. The second-order valence-electron chi connectivity index (χ2n) is 8.92. The number of aromatic nitrogens is 2. The maximum absolute atomic E-state index is 13.8. The van der Waals surface area contributed by atoms with Crippen LogP contribution in [0.2, 0.25) is 5.02 Å². The van der Waals surface area contributed by atoms with Crippen LogP contribution in [0.5, 0.6) is 0 Å². The lowest BCUT2D eigenvalue weighted by molar-refractivity contribution is 0.116. The van der Waals surface area contributed by atoms with Gasteiger partial charge < -0.3 is 4.74 Å². The maximum atomic E-state index is 13.8. The molecule has 3 heterocycles. The van der Waals surface area contributed by atoms with Gasteiger partial charge in [0.05, 0.1) is 27.8 Å². The van der Waals surface area contributed by atoms with E-state index in [4.69, 9.17) is 26.4 Å². The van der Waals surface area contributed by atoms with E-state index < -0.39 is 5.72 Å². The molecular weight excluding hydrogens is 472 g/mol. The quantitative estimate of drug-likeness (QED) is 0.315. The van der Waals surface area contributed by atoms with Crippen LogP contribution in [-0.4, -0.2) is 15.4 Å². The highest BCUT2D eigenvalue weighted by molar-refractivity contribution is 6.30. The largest absolute Gasteiger partial charge is 0.435 e. The molecule has 7 heteroatoms. The predicted octanol–water partition coefficient (Wildman–Crippen LogP) is 5.76. The number of halogens is 1. The van der Waals surface area contributed by atoms with Crippen LogP contribution in [0, 0.1) is 6.92 Å². The minimum atomic E-state index is -1.33. The Morgan fingerprint density at radius 3 is 2.44 bits per heavy atom. The van der Waals surface area contributed by atoms with Crippen LogP contribution in [0.15, 0.2) is 107 Å². The van der Waals surface area contributed by atoms with Gasteiger partial charge in [-0.1, -0.05) is 59.6 Å². The van der Waals surface area contributed by atoms with Crippen LogP contribution >= 0.6 is 11.6 Å². The van der Waals surface area contributed by atoms with Crippen LogP contribution < -0.4 is 10.6 Å². The molecule has 0 radical (unpaired) electrons. The Balaban J connectivity index is 1.58. The lowest BCUT2D eigenvalue weighted by Gasteiger charge is -2.32. The Morgan fingerprint density at radius 2 is 1.64 bits per heavy atom. The number of benzene rings is 4. The summed E-state index contributed by atoms with van der Waals surface area (Å²) in [7, 11) is 0. The van der Waals surface area contributed by atoms with Gasteiger partial charge in [-0.2, -0.15) is 0 Å². The first-order chi connectivity index (χ1) is 17.6. The molecule has 1 unspecified atom stereocenters. The summed E-state index contributed by atoms with van der Waals surface area (Å²) in [5.74, 6) is 0.860. The summed E-state index contributed by atoms with van der Waals surface area (Å²) < 4.78 is 8.43. The van der Waals surface area contributed by atoms with E-state index in [0.29, 0.717) is 38.9 Å². The maximum Gasteiger partial charge on any atom is 0.291 e. The van der Waals surface area contributed by atoms with Crippen LogP contribution in [0.3, 0.4) is 0 Å². The van der Waals surface area contributed by atoms with Crippen molar-refractivity contribution in [2.24, 2.45) is 5.10 Å². The summed E-state index contributed by atoms with van der Waals surface area (Å²) in [6.45, 7) is 2.03. The molecular formula is C29H19ClN4O2. The monoisotopic (exact) mass is 490 g/mol. The van der Waals surface area contributed by atoms with Gasteiger partial charge in [0, 0.05) is 10.6 Å². The van der Waals surface area contributed by atoms with Crippen molar-refractivity contribution in [2.45, 2.75) is 12.6 Å². The van der Waals surface area contributed by atoms with E-state index in [1.807, 2.05) is 91.9 Å². The van der Waals surface area contributed by atoms with E-state index in [1.165, 1.54) is 0 Å². The molecule has 2 aliphatic rings. The van der Waals surface area contributed by atoms with Crippen molar-refractivity contribution < 1.29 is 4.74 Å². The molecule has 0 fully saturated rings. The molecule has 0 aliphatic carbocycles. The molecule has 6 nitrogen and oxygen atoms in total. The molecule has 4 aromatic carbocycles. The average Bonchev–Trinajstić information content (AvgIpc) is 3.43. The summed E-state index contributed by atoms with van der Waals surface area (Å²) in [5.41, 5.74) is 3.21. The molecule has 1 atom stereocenters. The van der Waals surface area contributed by atoms with Gasteiger partial charge in [-0.15, -0.1) is 5.10 Å². The number of rotatable bonds is 2. The number of para-hydroxylation sites is 2. The van der Waals surface area contributed by atoms with Crippen molar-refractivity contribution in [3.8, 4) is 5.69 Å². The highest BCUT2D eigenvalue weighted by atomic mass is 35.5. The number of anilines is 1. The van der Waals surface area contributed by atoms with E-state index in [9.17, 15) is 4.79 Å². The summed E-state index contributed by atoms with van der Waals surface area (Å²) in [5, 5.41) is 7.82. The smallest absolute Gasteiger partial charge is 0.291 e. The number of fused-ring (bicyclic) bond motifs is 6. The molecule has 0 saturated carbocycles. The van der Waals surface area contributed by atoms with Gasteiger partial charge in [0.2, 0.25) is 5.90 Å². The van der Waals surface area contributed by atoms with Crippen molar-refractivity contribution in [3.05, 3.63) is 135 Å². The van der Waals surface area contributed by atoms with Crippen LogP contribution in [0.4, 0.5) is 5.69 Å². The van der Waals surface area contributed by atoms with Crippen molar-refractivity contribution in [3.63, 3.8) is 0 Å². The number of aryl methyl sites for hydroxylation is 1. The van der Waals surface area contributed by atoms with E-state index in [2.05, 4.69) is 0 Å². The van der Waals surface area contributed by atoms with Gasteiger partial charge in [0.25, 0.3) is 11.3 Å². The molecule has 5 aromatic rings. The van der Waals surface area contributed by atoms with Crippen molar-refractivity contribution in [2.75, 3.05) is 5.01 Å². The third-order valence-corrected chi connectivity index (χ3v) is 6.91. The fourth-order valence-corrected chi connectivity index (χ4v) is 5.15. The molecule has 36 heavy (non-hydrogen) atoms. The van der Waals surface area contributed by atoms with Crippen molar-refractivity contribution >= 4 is 34.1 Å². The zero-order valence-electron chi connectivity index (χ0n) is 19.2. The van der Waals surface area contributed by atoms with Crippen LogP contribution in [0.25, 0.3) is 16.6 Å². The second kappa shape index (κ2) is 7.54. The lowest BCUT2D eigenvalue weighted by atomic mass is 10.0. The van der Waals surface area contributed by atoms with E-state index in [-0.39, 0.29) is 5.56 Å². The third kappa shape index (κ3) is 2.82. The number of nitrogens with zero attached hydrogens (tertiary/aromatic N) is 4. The number of hydrogen-bond donors (Lipinski definition) is 0. The van der Waals surface area contributed by atoms with Gasteiger partial charge >= 0.3 is 0 Å². The summed E-state index contributed by atoms with van der Waals surface area (Å²) in [4.78, 5) is 18.8. The second-order valence-corrected chi connectivity index (χ2v) is 9.36. The predicted molar refractivity (Wildman–Crippen MR) is 141 cm³/mol. The van der Waals surface area contributed by atoms with E-state index in [1.54, 1.807) is 21.7 Å². The summed E-state index contributed by atoms with van der Waals surface area (Å²) in [6.07, 6.45) is 0. The number of hydrogen-bond acceptors (Lipinski definition) is 5. The van der Waals surface area contributed by atoms with Crippen LogP contribution in [0.1, 0.15) is 22.5 Å². The molecule has 0 N–H and O–H groups in total. The summed E-state index contributed by atoms with van der Waals surface area (Å²) in [6, 6.07) is 30.5. The molecule has 2 aliphatic heterocycles. The lowest BCUT2D eigenvalue weighted by Crippen LogP contribution is -2.43. The number of hydrazone groups is 1. The minimum Gasteiger partial charge on any atom is -0.435 e. The van der Waals surface area contributed by atoms with Crippen molar-refractivity contribution in [1.29, 1.82) is 0 Å². The zero-order valence-corrected chi connectivity index (χ0v) is 20.0. The fraction of sp³-hybridized carbons (Fsp3) is 0.0690. The number of ether oxygens (including phenoxy) is 1. The average molecular weight is 491 g/mol. The molecule has 7 rings (SSSR count). The standard InChI is InChI=1S/C29H19ClN4O2/c1-18-11-13-19(14-12-18)26-32-34(21-7-3-2-4-8-21)29(36-26)23-17-20(30)15-16-25(23)33-27(35)22-9-5-6-10-24(22)31-28(29)33/h2-17H,1H3. The van der Waals surface area contributed by atoms with Crippen molar-refractivity contribution in [1.82, 2.24) is 9.55 Å². The topological polar surface area (TPSA) is 59.7 Å². The van der Waals surface area contributed by atoms with Gasteiger partial charge in [0.1, 0.15) is 0 Å². The minimum absolute atomic E-state index is 0.170. The summed E-state index contributed by atoms with van der Waals surface area (Å²) >= 11 is 6.52. The first kappa shape index (κ1) is 20.9. The highest BCUT2D eigenvalue weighted by Crippen LogP contribution is 2.50. The molecule has 1 aromatic heterocycles. The Hall–Kier alpha value is -4.42. The van der Waals surface area contributed by atoms with Gasteiger partial charge in [-0.25, -0.2) is 9.99 Å². The van der Waals surface area contributed by atoms with Crippen LogP contribution in [-0.2, 0) is 10.5 Å².